The Morgan fingerprint density at radius 3 is 2.77 bits per heavy atom. The van der Waals surface area contributed by atoms with E-state index in [9.17, 15) is 9.59 Å². The van der Waals surface area contributed by atoms with Gasteiger partial charge in [-0.25, -0.2) is 4.98 Å². The zero-order valence-corrected chi connectivity index (χ0v) is 18.9. The van der Waals surface area contributed by atoms with Crippen molar-refractivity contribution in [1.29, 1.82) is 0 Å². The number of nitrogens with one attached hydrogen (secondary N) is 1. The molecule has 0 bridgehead atoms. The van der Waals surface area contributed by atoms with Crippen LogP contribution in [0.1, 0.15) is 32.9 Å². The molecule has 4 rings (SSSR count). The number of aromatic nitrogens is 4. The van der Waals surface area contributed by atoms with Gasteiger partial charge in [0.05, 0.1) is 11.3 Å². The molecule has 154 valence electrons. The van der Waals surface area contributed by atoms with Crippen molar-refractivity contribution in [3.63, 3.8) is 0 Å². The van der Waals surface area contributed by atoms with Crippen LogP contribution in [0.5, 0.6) is 0 Å². The summed E-state index contributed by atoms with van der Waals surface area (Å²) >= 11 is 4.09. The Morgan fingerprint density at radius 1 is 1.20 bits per heavy atom. The Balaban J connectivity index is 1.41. The average Bonchev–Trinajstić information content (AvgIpc) is 3.41. The van der Waals surface area contributed by atoms with Crippen molar-refractivity contribution in [2.45, 2.75) is 37.8 Å². The standard InChI is InChI=1S/C20H19N5O2S3/c1-3-25-19(27)16-14(8-9-28-16)22-20(25)29-11-15-23-24-18(30-15)17(26)21-10-13-6-4-12(2)5-7-13/h4-9H,3,10-11H2,1-2H3,(H,21,26). The quantitative estimate of drug-likeness (QED) is 0.335. The number of amides is 1. The first-order chi connectivity index (χ1) is 14.5. The Labute approximate surface area is 185 Å². The molecule has 7 nitrogen and oxygen atoms in total. The summed E-state index contributed by atoms with van der Waals surface area (Å²) in [5, 5.41) is 14.6. The van der Waals surface area contributed by atoms with Crippen LogP contribution in [-0.2, 0) is 18.8 Å². The number of fused-ring (bicyclic) bond motifs is 1. The molecule has 0 saturated heterocycles. The number of aryl methyl sites for hydroxylation is 1. The van der Waals surface area contributed by atoms with Crippen LogP contribution in [0.25, 0.3) is 10.2 Å². The largest absolute Gasteiger partial charge is 0.346 e. The van der Waals surface area contributed by atoms with Crippen LogP contribution in [0.15, 0.2) is 45.7 Å². The van der Waals surface area contributed by atoms with Crippen molar-refractivity contribution >= 4 is 50.6 Å². The number of rotatable bonds is 7. The molecule has 0 radical (unpaired) electrons. The highest BCUT2D eigenvalue weighted by molar-refractivity contribution is 7.98. The molecule has 4 aromatic rings. The lowest BCUT2D eigenvalue weighted by molar-refractivity contribution is 0.0950. The molecule has 3 aromatic heterocycles. The summed E-state index contributed by atoms with van der Waals surface area (Å²) in [6.07, 6.45) is 0. The number of hydrogen-bond acceptors (Lipinski definition) is 8. The normalized spacial score (nSPS) is 11.1. The average molecular weight is 458 g/mol. The first kappa shape index (κ1) is 20.7. The minimum atomic E-state index is -0.243. The fourth-order valence-electron chi connectivity index (χ4n) is 2.81. The van der Waals surface area contributed by atoms with E-state index in [1.54, 1.807) is 4.57 Å². The van der Waals surface area contributed by atoms with E-state index >= 15 is 0 Å². The van der Waals surface area contributed by atoms with Crippen molar-refractivity contribution in [3.05, 3.63) is 67.2 Å². The van der Waals surface area contributed by atoms with Crippen LogP contribution in [0.4, 0.5) is 0 Å². The molecule has 10 heteroatoms. The zero-order valence-electron chi connectivity index (χ0n) is 16.4. The third kappa shape index (κ3) is 4.45. The molecule has 3 heterocycles. The maximum Gasteiger partial charge on any atom is 0.282 e. The maximum atomic E-state index is 12.6. The van der Waals surface area contributed by atoms with Crippen LogP contribution < -0.4 is 10.9 Å². The summed E-state index contributed by atoms with van der Waals surface area (Å²) in [5.41, 5.74) is 2.90. The molecular weight excluding hydrogens is 438 g/mol. The lowest BCUT2D eigenvalue weighted by Gasteiger charge is -2.08. The van der Waals surface area contributed by atoms with Gasteiger partial charge in [-0.1, -0.05) is 52.9 Å². The Morgan fingerprint density at radius 2 is 2.00 bits per heavy atom. The summed E-state index contributed by atoms with van der Waals surface area (Å²) < 4.78 is 2.34. The third-order valence-electron chi connectivity index (χ3n) is 4.41. The van der Waals surface area contributed by atoms with Crippen LogP contribution in [0.3, 0.4) is 0 Å². The number of carbonyl (C=O) groups is 1. The van der Waals surface area contributed by atoms with Gasteiger partial charge in [-0.2, -0.15) is 0 Å². The second-order valence-electron chi connectivity index (χ2n) is 6.54. The smallest absolute Gasteiger partial charge is 0.282 e. The summed E-state index contributed by atoms with van der Waals surface area (Å²) in [7, 11) is 0. The van der Waals surface area contributed by atoms with Gasteiger partial charge in [0.1, 0.15) is 9.71 Å². The van der Waals surface area contributed by atoms with E-state index in [0.29, 0.717) is 44.2 Å². The fourth-order valence-corrected chi connectivity index (χ4v) is 5.39. The van der Waals surface area contributed by atoms with E-state index in [4.69, 9.17) is 0 Å². The van der Waals surface area contributed by atoms with Gasteiger partial charge in [0.25, 0.3) is 11.5 Å². The fraction of sp³-hybridized carbons (Fsp3) is 0.250. The molecule has 1 N–H and O–H groups in total. The van der Waals surface area contributed by atoms with Gasteiger partial charge in [0.15, 0.2) is 5.16 Å². The van der Waals surface area contributed by atoms with Crippen molar-refractivity contribution < 1.29 is 4.79 Å². The van der Waals surface area contributed by atoms with E-state index in [1.165, 1.54) is 40.0 Å². The summed E-state index contributed by atoms with van der Waals surface area (Å²) in [6, 6.07) is 9.86. The van der Waals surface area contributed by atoms with Gasteiger partial charge >= 0.3 is 0 Å². The van der Waals surface area contributed by atoms with Crippen LogP contribution in [0, 0.1) is 6.92 Å². The zero-order chi connectivity index (χ0) is 21.1. The van der Waals surface area contributed by atoms with Crippen LogP contribution in [-0.4, -0.2) is 25.7 Å². The van der Waals surface area contributed by atoms with Crippen molar-refractivity contribution in [1.82, 2.24) is 25.1 Å². The number of thiophene rings is 1. The lowest BCUT2D eigenvalue weighted by Crippen LogP contribution is -2.22. The maximum absolute atomic E-state index is 12.6. The van der Waals surface area contributed by atoms with Crippen molar-refractivity contribution in [2.24, 2.45) is 0 Å². The Kier molecular flexibility index (Phi) is 6.26. The minimum absolute atomic E-state index is 0.0200. The number of benzene rings is 1. The van der Waals surface area contributed by atoms with Crippen LogP contribution >= 0.6 is 34.4 Å². The monoisotopic (exact) mass is 457 g/mol. The molecule has 0 aliphatic heterocycles. The molecule has 30 heavy (non-hydrogen) atoms. The highest BCUT2D eigenvalue weighted by Crippen LogP contribution is 2.25. The van der Waals surface area contributed by atoms with E-state index < -0.39 is 0 Å². The van der Waals surface area contributed by atoms with Crippen LogP contribution in [0.2, 0.25) is 0 Å². The Hall–Kier alpha value is -2.56. The highest BCUT2D eigenvalue weighted by atomic mass is 32.2. The summed E-state index contributed by atoms with van der Waals surface area (Å²) in [5.74, 6) is 0.248. The van der Waals surface area contributed by atoms with Gasteiger partial charge in [-0.15, -0.1) is 21.5 Å². The molecule has 0 fully saturated rings. The predicted octanol–water partition coefficient (Wildman–Crippen LogP) is 3.86. The molecule has 0 aliphatic rings. The summed E-state index contributed by atoms with van der Waals surface area (Å²) in [6.45, 7) is 4.94. The third-order valence-corrected chi connectivity index (χ3v) is 7.39. The van der Waals surface area contributed by atoms with Gasteiger partial charge in [-0.3, -0.25) is 14.2 Å². The first-order valence-corrected chi connectivity index (χ1v) is 12.0. The van der Waals surface area contributed by atoms with Gasteiger partial charge in [-0.05, 0) is 30.9 Å². The second-order valence-corrected chi connectivity index (χ2v) is 9.46. The van der Waals surface area contributed by atoms with Gasteiger partial charge in [0.2, 0.25) is 5.01 Å². The first-order valence-electron chi connectivity index (χ1n) is 9.32. The van der Waals surface area contributed by atoms with E-state index in [2.05, 4.69) is 20.5 Å². The number of carbonyl (C=O) groups excluding carboxylic acids is 1. The van der Waals surface area contributed by atoms with E-state index in [0.717, 1.165) is 5.56 Å². The van der Waals surface area contributed by atoms with Crippen molar-refractivity contribution in [2.75, 3.05) is 0 Å². The number of nitrogens with zero attached hydrogens (tertiary/aromatic N) is 4. The molecule has 0 saturated carbocycles. The van der Waals surface area contributed by atoms with E-state index in [1.807, 2.05) is 49.6 Å². The molecule has 1 amide bonds. The predicted molar refractivity (Wildman–Crippen MR) is 121 cm³/mol. The van der Waals surface area contributed by atoms with E-state index in [-0.39, 0.29) is 11.5 Å². The Bertz CT molecular complexity index is 1240. The molecule has 1 aromatic carbocycles. The SMILES string of the molecule is CCn1c(SCc2nnc(C(=O)NCc3ccc(C)cc3)s2)nc2ccsc2c1=O. The number of hydrogen-bond donors (Lipinski definition) is 1. The molecule has 0 aliphatic carbocycles. The molecule has 0 unspecified atom stereocenters. The second kappa shape index (κ2) is 9.07. The van der Waals surface area contributed by atoms with Gasteiger partial charge in [0, 0.05) is 13.1 Å². The topological polar surface area (TPSA) is 89.8 Å². The van der Waals surface area contributed by atoms with Crippen molar-refractivity contribution in [3.8, 4) is 0 Å². The lowest BCUT2D eigenvalue weighted by atomic mass is 10.1. The molecule has 0 spiro atoms. The highest BCUT2D eigenvalue weighted by Gasteiger charge is 2.15. The molecular formula is C20H19N5O2S3. The summed E-state index contributed by atoms with van der Waals surface area (Å²) in [4.78, 5) is 29.6. The van der Waals surface area contributed by atoms with Gasteiger partial charge < -0.3 is 5.32 Å². The minimum Gasteiger partial charge on any atom is -0.346 e. The number of thioether (sulfide) groups is 1. The molecule has 0 atom stereocenters.